The van der Waals surface area contributed by atoms with Gasteiger partial charge in [-0.05, 0) is 47.5 Å². The Morgan fingerprint density at radius 1 is 0.808 bits per heavy atom. The van der Waals surface area contributed by atoms with Crippen molar-refractivity contribution in [2.45, 2.75) is 0 Å². The highest BCUT2D eigenvalue weighted by Gasteiger charge is 2.08. The molecule has 0 aromatic heterocycles. The number of methoxy groups -OCH3 is 1. The molecule has 2 aromatic rings. The summed E-state index contributed by atoms with van der Waals surface area (Å²) < 4.78 is 5.10. The number of ether oxygens (including phenoxy) is 1. The number of hydrogen-bond acceptors (Lipinski definition) is 4. The largest absolute Gasteiger partial charge is 0.493 e. The second-order valence-electron chi connectivity index (χ2n) is 5.26. The van der Waals surface area contributed by atoms with Crippen LogP contribution in [0.3, 0.4) is 0 Å². The van der Waals surface area contributed by atoms with Crippen molar-refractivity contribution in [2.24, 2.45) is 0 Å². The minimum atomic E-state index is -1.03. The van der Waals surface area contributed by atoms with Gasteiger partial charge in [0, 0.05) is 0 Å². The van der Waals surface area contributed by atoms with Crippen LogP contribution in [0.25, 0.3) is 12.2 Å². The number of carboxylic acids is 2. The van der Waals surface area contributed by atoms with E-state index < -0.39 is 11.9 Å². The summed E-state index contributed by atoms with van der Waals surface area (Å²) in [6.45, 7) is 0. The van der Waals surface area contributed by atoms with Gasteiger partial charge in [-0.1, -0.05) is 30.3 Å². The summed E-state index contributed by atoms with van der Waals surface area (Å²) >= 11 is 0. The topological polar surface area (TPSA) is 101 Å². The molecule has 0 spiro atoms. The Kier molecular flexibility index (Phi) is 6.06. The fourth-order valence-electron chi connectivity index (χ4n) is 2.09. The van der Waals surface area contributed by atoms with E-state index in [1.807, 2.05) is 0 Å². The lowest BCUT2D eigenvalue weighted by Crippen LogP contribution is -2.01. The molecule has 132 valence electrons. The normalized spacial score (nSPS) is 11.3. The van der Waals surface area contributed by atoms with E-state index >= 15 is 0 Å². The summed E-state index contributed by atoms with van der Waals surface area (Å²) in [4.78, 5) is 33.9. The van der Waals surface area contributed by atoms with Crippen molar-refractivity contribution in [3.63, 3.8) is 0 Å². The second-order valence-corrected chi connectivity index (χ2v) is 5.26. The molecule has 0 bridgehead atoms. The molecule has 0 fully saturated rings. The van der Waals surface area contributed by atoms with Crippen molar-refractivity contribution in [3.05, 3.63) is 82.6 Å². The van der Waals surface area contributed by atoms with E-state index in [0.717, 1.165) is 0 Å². The summed E-state index contributed by atoms with van der Waals surface area (Å²) in [6, 6.07) is 12.1. The number of hydrogen-bond donors (Lipinski definition) is 2. The summed E-state index contributed by atoms with van der Waals surface area (Å²) in [5, 5.41) is 17.7. The molecule has 0 unspecified atom stereocenters. The first-order valence-electron chi connectivity index (χ1n) is 7.55. The number of carboxylic acid groups (broad SMARTS) is 2. The Labute approximate surface area is 149 Å². The van der Waals surface area contributed by atoms with Crippen LogP contribution >= 0.6 is 0 Å². The molecule has 0 amide bonds. The quantitative estimate of drug-likeness (QED) is 0.585. The van der Waals surface area contributed by atoms with E-state index in [-0.39, 0.29) is 22.7 Å². The summed E-state index contributed by atoms with van der Waals surface area (Å²) in [7, 11) is 1.37. The molecule has 0 heterocycles. The van der Waals surface area contributed by atoms with Crippen molar-refractivity contribution < 1.29 is 29.3 Å². The average molecular weight is 352 g/mol. The molecule has 0 aliphatic carbocycles. The van der Waals surface area contributed by atoms with Gasteiger partial charge in [0.1, 0.15) is 0 Å². The lowest BCUT2D eigenvalue weighted by atomic mass is 10.1. The van der Waals surface area contributed by atoms with Crippen LogP contribution in [0.1, 0.15) is 31.8 Å². The van der Waals surface area contributed by atoms with E-state index in [2.05, 4.69) is 0 Å². The van der Waals surface area contributed by atoms with Crippen LogP contribution in [0.15, 0.2) is 60.4 Å². The van der Waals surface area contributed by atoms with Crippen LogP contribution in [0.2, 0.25) is 0 Å². The van der Waals surface area contributed by atoms with Gasteiger partial charge >= 0.3 is 11.9 Å². The molecule has 0 radical (unpaired) electrons. The molecule has 2 N–H and O–H groups in total. The molecule has 0 saturated heterocycles. The predicted octanol–water partition coefficient (Wildman–Crippen LogP) is 3.35. The molecule has 2 aromatic carbocycles. The third-order valence-corrected chi connectivity index (χ3v) is 3.50. The molecule has 26 heavy (non-hydrogen) atoms. The Morgan fingerprint density at radius 3 is 1.69 bits per heavy atom. The zero-order valence-corrected chi connectivity index (χ0v) is 13.9. The lowest BCUT2D eigenvalue weighted by molar-refractivity contribution is -0.113. The van der Waals surface area contributed by atoms with E-state index in [9.17, 15) is 14.4 Å². The van der Waals surface area contributed by atoms with Gasteiger partial charge in [-0.3, -0.25) is 4.79 Å². The highest BCUT2D eigenvalue weighted by atomic mass is 16.5. The van der Waals surface area contributed by atoms with Crippen molar-refractivity contribution in [1.29, 1.82) is 0 Å². The van der Waals surface area contributed by atoms with E-state index in [0.29, 0.717) is 11.1 Å². The zero-order valence-electron chi connectivity index (χ0n) is 13.9. The molecular weight excluding hydrogens is 336 g/mol. The summed E-state index contributed by atoms with van der Waals surface area (Å²) in [5.74, 6) is -2.33. The number of carbonyl (C=O) groups is 3. The van der Waals surface area contributed by atoms with Crippen LogP contribution in [-0.2, 0) is 9.53 Å². The Balaban J connectivity index is 2.14. The van der Waals surface area contributed by atoms with Crippen LogP contribution in [-0.4, -0.2) is 35.0 Å². The Bertz CT molecular complexity index is 874. The van der Waals surface area contributed by atoms with E-state index in [1.165, 1.54) is 43.5 Å². The summed E-state index contributed by atoms with van der Waals surface area (Å²) in [6.07, 6.45) is 4.37. The maximum Gasteiger partial charge on any atom is 0.335 e. The molecule has 6 heteroatoms. The first-order chi connectivity index (χ1) is 12.4. The fraction of sp³-hybridized carbons (Fsp3) is 0.0500. The number of rotatable bonds is 7. The van der Waals surface area contributed by atoms with E-state index in [4.69, 9.17) is 14.9 Å². The third-order valence-electron chi connectivity index (χ3n) is 3.50. The first-order valence-corrected chi connectivity index (χ1v) is 7.55. The average Bonchev–Trinajstić information content (AvgIpc) is 2.64. The molecule has 0 aliphatic heterocycles. The zero-order chi connectivity index (χ0) is 19.1. The number of carbonyl (C=O) groups excluding carboxylic acids is 1. The van der Waals surface area contributed by atoms with Crippen molar-refractivity contribution >= 4 is 29.9 Å². The van der Waals surface area contributed by atoms with Gasteiger partial charge in [0.05, 0.1) is 18.2 Å². The maximum atomic E-state index is 12.2. The van der Waals surface area contributed by atoms with Gasteiger partial charge in [0.25, 0.3) is 0 Å². The molecule has 6 nitrogen and oxygen atoms in total. The van der Waals surface area contributed by atoms with Crippen molar-refractivity contribution in [3.8, 4) is 0 Å². The third kappa shape index (κ3) is 4.91. The van der Waals surface area contributed by atoms with Gasteiger partial charge in [0.15, 0.2) is 5.76 Å². The monoisotopic (exact) mass is 352 g/mol. The van der Waals surface area contributed by atoms with E-state index in [1.54, 1.807) is 30.3 Å². The van der Waals surface area contributed by atoms with Gasteiger partial charge in [0.2, 0.25) is 5.78 Å². The SMILES string of the molecule is COC(=Cc1ccc(C(=O)O)cc1)C(=O)C=Cc1ccc(C(=O)O)cc1. The maximum absolute atomic E-state index is 12.2. The molecule has 0 atom stereocenters. The smallest absolute Gasteiger partial charge is 0.335 e. The van der Waals surface area contributed by atoms with Gasteiger partial charge < -0.3 is 14.9 Å². The molecule has 0 saturated carbocycles. The number of allylic oxidation sites excluding steroid dienone is 1. The standard InChI is InChI=1S/C20H16O6/c1-26-18(12-14-4-9-16(10-5-14)20(24)25)17(21)11-6-13-2-7-15(8-3-13)19(22)23/h2-12H,1H3,(H,22,23)(H,24,25). The van der Waals surface area contributed by atoms with Crippen LogP contribution in [0.4, 0.5) is 0 Å². The van der Waals surface area contributed by atoms with Crippen LogP contribution < -0.4 is 0 Å². The van der Waals surface area contributed by atoms with Crippen molar-refractivity contribution in [1.82, 2.24) is 0 Å². The highest BCUT2D eigenvalue weighted by molar-refractivity contribution is 6.07. The minimum absolute atomic E-state index is 0.0893. The van der Waals surface area contributed by atoms with Crippen LogP contribution in [0, 0.1) is 0 Å². The molecule has 0 aliphatic rings. The first kappa shape index (κ1) is 18.7. The fourth-order valence-corrected chi connectivity index (χ4v) is 2.09. The number of benzene rings is 2. The summed E-state index contributed by atoms with van der Waals surface area (Å²) in [5.41, 5.74) is 1.61. The van der Waals surface area contributed by atoms with Gasteiger partial charge in [-0.2, -0.15) is 0 Å². The van der Waals surface area contributed by atoms with Gasteiger partial charge in [-0.15, -0.1) is 0 Å². The number of ketones is 1. The Hall–Kier alpha value is -3.67. The minimum Gasteiger partial charge on any atom is -0.493 e. The van der Waals surface area contributed by atoms with Crippen LogP contribution in [0.5, 0.6) is 0 Å². The Morgan fingerprint density at radius 2 is 1.27 bits per heavy atom. The molecule has 2 rings (SSSR count). The highest BCUT2D eigenvalue weighted by Crippen LogP contribution is 2.12. The predicted molar refractivity (Wildman–Crippen MR) is 95.8 cm³/mol. The lowest BCUT2D eigenvalue weighted by Gasteiger charge is -2.03. The van der Waals surface area contributed by atoms with Gasteiger partial charge in [-0.25, -0.2) is 9.59 Å². The second kappa shape index (κ2) is 8.43. The molecular formula is C20H16O6. The number of aromatic carboxylic acids is 2. The van der Waals surface area contributed by atoms with Crippen molar-refractivity contribution in [2.75, 3.05) is 7.11 Å².